The normalized spacial score (nSPS) is 12.2. The second-order valence-corrected chi connectivity index (χ2v) is 5.56. The lowest BCUT2D eigenvalue weighted by Gasteiger charge is -2.12. The summed E-state index contributed by atoms with van der Waals surface area (Å²) in [5.41, 5.74) is 1.54. The minimum atomic E-state index is -0.453. The smallest absolute Gasteiger partial charge is 0.258 e. The van der Waals surface area contributed by atoms with Crippen LogP contribution in [0.2, 0.25) is 0 Å². The van der Waals surface area contributed by atoms with Crippen molar-refractivity contribution in [2.75, 3.05) is 0 Å². The van der Waals surface area contributed by atoms with E-state index in [9.17, 15) is 14.5 Å². The van der Waals surface area contributed by atoms with Crippen LogP contribution in [0.5, 0.6) is 0 Å². The first-order valence-electron chi connectivity index (χ1n) is 5.80. The molecule has 0 heterocycles. The molecule has 0 amide bonds. The molecule has 3 nitrogen and oxygen atoms in total. The van der Waals surface area contributed by atoms with E-state index >= 15 is 0 Å². The summed E-state index contributed by atoms with van der Waals surface area (Å²) < 4.78 is 13.8. The first-order valence-corrected chi connectivity index (χ1v) is 7.03. The van der Waals surface area contributed by atoms with E-state index in [4.69, 9.17) is 11.6 Å². The molecule has 0 spiro atoms. The van der Waals surface area contributed by atoms with Crippen molar-refractivity contribution in [3.8, 4) is 0 Å². The molecule has 6 heteroatoms. The SMILES string of the molecule is O=[N+]([O-])c1ccc(CC(Cl)c2cccc(F)c2Br)cc1. The minimum absolute atomic E-state index is 0.0341. The maximum atomic E-state index is 13.4. The monoisotopic (exact) mass is 357 g/mol. The van der Waals surface area contributed by atoms with E-state index in [2.05, 4.69) is 15.9 Å². The molecule has 104 valence electrons. The molecule has 2 aromatic rings. The van der Waals surface area contributed by atoms with Gasteiger partial charge in [-0.25, -0.2) is 4.39 Å². The minimum Gasteiger partial charge on any atom is -0.258 e. The molecule has 0 aliphatic heterocycles. The predicted molar refractivity (Wildman–Crippen MR) is 79.5 cm³/mol. The third-order valence-corrected chi connectivity index (χ3v) is 4.11. The molecule has 0 saturated carbocycles. The van der Waals surface area contributed by atoms with Crippen molar-refractivity contribution in [3.05, 3.63) is 74.0 Å². The third kappa shape index (κ3) is 3.35. The highest BCUT2D eigenvalue weighted by atomic mass is 79.9. The summed E-state index contributed by atoms with van der Waals surface area (Å²) in [5.74, 6) is -0.364. The van der Waals surface area contributed by atoms with Gasteiger partial charge in [-0.1, -0.05) is 24.3 Å². The van der Waals surface area contributed by atoms with Gasteiger partial charge in [-0.2, -0.15) is 0 Å². The van der Waals surface area contributed by atoms with Gasteiger partial charge in [0.1, 0.15) is 5.82 Å². The number of rotatable bonds is 4. The van der Waals surface area contributed by atoms with Gasteiger partial charge in [0.2, 0.25) is 0 Å². The van der Waals surface area contributed by atoms with Gasteiger partial charge in [-0.05, 0) is 39.5 Å². The van der Waals surface area contributed by atoms with E-state index in [1.165, 1.54) is 18.2 Å². The number of nitro benzene ring substituents is 1. The molecule has 2 rings (SSSR count). The molecule has 0 saturated heterocycles. The first-order chi connectivity index (χ1) is 9.49. The Morgan fingerprint density at radius 2 is 1.90 bits per heavy atom. The standard InChI is InChI=1S/C14H10BrClFNO2/c15-14-11(2-1-3-13(14)17)12(16)8-9-4-6-10(7-5-9)18(19)20/h1-7,12H,8H2. The third-order valence-electron chi connectivity index (χ3n) is 2.88. The Bertz CT molecular complexity index is 634. The summed E-state index contributed by atoms with van der Waals surface area (Å²) in [6.07, 6.45) is 0.460. The number of benzene rings is 2. The molecule has 20 heavy (non-hydrogen) atoms. The topological polar surface area (TPSA) is 43.1 Å². The average Bonchev–Trinajstić information content (AvgIpc) is 2.42. The van der Waals surface area contributed by atoms with Gasteiger partial charge in [0.25, 0.3) is 5.69 Å². The Morgan fingerprint density at radius 1 is 1.25 bits per heavy atom. The Morgan fingerprint density at radius 3 is 2.50 bits per heavy atom. The zero-order chi connectivity index (χ0) is 14.7. The molecule has 0 radical (unpaired) electrons. The molecular weight excluding hydrogens is 349 g/mol. The van der Waals surface area contributed by atoms with Crippen LogP contribution >= 0.6 is 27.5 Å². The fraction of sp³-hybridized carbons (Fsp3) is 0.143. The zero-order valence-electron chi connectivity index (χ0n) is 10.2. The van der Waals surface area contributed by atoms with Gasteiger partial charge < -0.3 is 0 Å². The lowest BCUT2D eigenvalue weighted by atomic mass is 10.0. The van der Waals surface area contributed by atoms with Crippen LogP contribution in [0.15, 0.2) is 46.9 Å². The molecule has 1 unspecified atom stereocenters. The van der Waals surface area contributed by atoms with E-state index in [-0.39, 0.29) is 11.5 Å². The lowest BCUT2D eigenvalue weighted by Crippen LogP contribution is -1.98. The van der Waals surface area contributed by atoms with Gasteiger partial charge in [-0.3, -0.25) is 10.1 Å². The highest BCUT2D eigenvalue weighted by Crippen LogP contribution is 2.32. The van der Waals surface area contributed by atoms with E-state index in [1.54, 1.807) is 24.3 Å². The number of nitro groups is 1. The summed E-state index contributed by atoms with van der Waals surface area (Å²) in [6, 6.07) is 10.9. The van der Waals surface area contributed by atoms with Gasteiger partial charge in [-0.15, -0.1) is 11.6 Å². The van der Waals surface area contributed by atoms with Gasteiger partial charge in [0.15, 0.2) is 0 Å². The molecule has 0 fully saturated rings. The van der Waals surface area contributed by atoms with Gasteiger partial charge >= 0.3 is 0 Å². The Labute approximate surface area is 128 Å². The lowest BCUT2D eigenvalue weighted by molar-refractivity contribution is -0.384. The zero-order valence-corrected chi connectivity index (χ0v) is 12.6. The summed E-state index contributed by atoms with van der Waals surface area (Å²) in [4.78, 5) is 10.1. The van der Waals surface area contributed by atoms with Crippen LogP contribution < -0.4 is 0 Å². The second-order valence-electron chi connectivity index (χ2n) is 4.24. The Kier molecular flexibility index (Phi) is 4.73. The number of alkyl halides is 1. The van der Waals surface area contributed by atoms with Crippen LogP contribution in [0.1, 0.15) is 16.5 Å². The number of nitrogens with zero attached hydrogens (tertiary/aromatic N) is 1. The largest absolute Gasteiger partial charge is 0.269 e. The van der Waals surface area contributed by atoms with E-state index in [0.29, 0.717) is 16.5 Å². The van der Waals surface area contributed by atoms with E-state index in [1.807, 2.05) is 0 Å². The fourth-order valence-electron chi connectivity index (χ4n) is 1.83. The van der Waals surface area contributed by atoms with Gasteiger partial charge in [0.05, 0.1) is 14.8 Å². The maximum Gasteiger partial charge on any atom is 0.269 e. The molecule has 0 aliphatic rings. The fourth-order valence-corrected chi connectivity index (χ4v) is 2.87. The van der Waals surface area contributed by atoms with Crippen LogP contribution in [-0.4, -0.2) is 4.92 Å². The van der Waals surface area contributed by atoms with Crippen molar-refractivity contribution in [1.29, 1.82) is 0 Å². The maximum absolute atomic E-state index is 13.4. The quantitative estimate of drug-likeness (QED) is 0.437. The highest BCUT2D eigenvalue weighted by Gasteiger charge is 2.15. The Hall–Kier alpha value is -1.46. The molecule has 1 atom stereocenters. The molecule has 0 aromatic heterocycles. The van der Waals surface area contributed by atoms with Crippen molar-refractivity contribution in [1.82, 2.24) is 0 Å². The van der Waals surface area contributed by atoms with E-state index < -0.39 is 10.3 Å². The number of non-ortho nitro benzene ring substituents is 1. The van der Waals surface area contributed by atoms with Crippen molar-refractivity contribution < 1.29 is 9.31 Å². The van der Waals surface area contributed by atoms with Crippen LogP contribution in [0.3, 0.4) is 0 Å². The number of hydrogen-bond donors (Lipinski definition) is 0. The highest BCUT2D eigenvalue weighted by molar-refractivity contribution is 9.10. The Balaban J connectivity index is 2.17. The van der Waals surface area contributed by atoms with Gasteiger partial charge in [0, 0.05) is 12.1 Å². The summed E-state index contributed by atoms with van der Waals surface area (Å²) in [5, 5.41) is 10.2. The number of halogens is 3. The molecular formula is C14H10BrClFNO2. The van der Waals surface area contributed by atoms with Crippen LogP contribution in [0.4, 0.5) is 10.1 Å². The summed E-state index contributed by atoms with van der Waals surface area (Å²) in [6.45, 7) is 0. The average molecular weight is 359 g/mol. The van der Waals surface area contributed by atoms with Crippen LogP contribution in [0.25, 0.3) is 0 Å². The van der Waals surface area contributed by atoms with Crippen molar-refractivity contribution >= 4 is 33.2 Å². The first kappa shape index (κ1) is 14.9. The molecule has 0 N–H and O–H groups in total. The van der Waals surface area contributed by atoms with Crippen LogP contribution in [-0.2, 0) is 6.42 Å². The molecule has 2 aromatic carbocycles. The van der Waals surface area contributed by atoms with E-state index in [0.717, 1.165) is 5.56 Å². The predicted octanol–water partition coefficient (Wildman–Crippen LogP) is 5.02. The number of hydrogen-bond acceptors (Lipinski definition) is 2. The van der Waals surface area contributed by atoms with Crippen molar-refractivity contribution in [2.45, 2.75) is 11.8 Å². The summed E-state index contributed by atoms with van der Waals surface area (Å²) >= 11 is 9.47. The second kappa shape index (κ2) is 6.33. The molecule has 0 aliphatic carbocycles. The van der Waals surface area contributed by atoms with Crippen molar-refractivity contribution in [2.24, 2.45) is 0 Å². The van der Waals surface area contributed by atoms with Crippen LogP contribution in [0, 0.1) is 15.9 Å². The summed E-state index contributed by atoms with van der Waals surface area (Å²) in [7, 11) is 0. The van der Waals surface area contributed by atoms with Crippen molar-refractivity contribution in [3.63, 3.8) is 0 Å². The molecule has 0 bridgehead atoms.